The summed E-state index contributed by atoms with van der Waals surface area (Å²) in [4.78, 5) is 4.39. The van der Waals surface area contributed by atoms with Crippen LogP contribution in [0.1, 0.15) is 12.6 Å². The van der Waals surface area contributed by atoms with Gasteiger partial charge in [-0.1, -0.05) is 7.92 Å². The van der Waals surface area contributed by atoms with Crippen molar-refractivity contribution in [3.05, 3.63) is 28.5 Å². The van der Waals surface area contributed by atoms with Crippen molar-refractivity contribution in [2.75, 3.05) is 20.4 Å². The van der Waals surface area contributed by atoms with Crippen molar-refractivity contribution in [2.45, 2.75) is 12.3 Å². The van der Waals surface area contributed by atoms with Gasteiger partial charge >= 0.3 is 0 Å². The molecule has 1 heterocycles. The van der Waals surface area contributed by atoms with E-state index in [1.165, 1.54) is 0 Å². The van der Waals surface area contributed by atoms with E-state index in [1.54, 1.807) is 7.11 Å². The van der Waals surface area contributed by atoms with E-state index in [-0.39, 0.29) is 13.3 Å². The Morgan fingerprint density at radius 2 is 2.07 bits per heavy atom. The Bertz CT molecular complexity index is 301. The van der Waals surface area contributed by atoms with Gasteiger partial charge in [-0.15, -0.1) is 0 Å². The largest absolute Gasteiger partial charge is 0.368 e. The zero-order chi connectivity index (χ0) is 10.8. The molecule has 4 heteroatoms. The molecule has 0 saturated heterocycles. The molecule has 0 aliphatic rings. The van der Waals surface area contributed by atoms with E-state index in [0.717, 1.165) is 10.2 Å². The van der Waals surface area contributed by atoms with Crippen LogP contribution < -0.4 is 0 Å². The lowest BCUT2D eigenvalue weighted by atomic mass is 10.2. The summed E-state index contributed by atoms with van der Waals surface area (Å²) in [5.41, 5.74) is 0.999. The van der Waals surface area contributed by atoms with Gasteiger partial charge in [0.25, 0.3) is 0 Å². The van der Waals surface area contributed by atoms with Gasteiger partial charge in [0.05, 0.1) is 5.69 Å². The van der Waals surface area contributed by atoms with Gasteiger partial charge in [-0.2, -0.15) is 0 Å². The van der Waals surface area contributed by atoms with Crippen LogP contribution >= 0.6 is 23.9 Å². The standard InChI is InChI=1S/C10H15BrNOP/c1-10(13-2,14(3)4)9-6-5-8(11)7-12-9/h5-7H,1-4H3. The van der Waals surface area contributed by atoms with Crippen LogP contribution in [0.3, 0.4) is 0 Å². The molecule has 1 rings (SSSR count). The molecule has 0 radical (unpaired) electrons. The minimum Gasteiger partial charge on any atom is -0.368 e. The third-order valence-corrected chi connectivity index (χ3v) is 5.04. The van der Waals surface area contributed by atoms with Crippen molar-refractivity contribution < 1.29 is 4.74 Å². The minimum atomic E-state index is -0.240. The van der Waals surface area contributed by atoms with Gasteiger partial charge in [0.15, 0.2) is 0 Å². The summed E-state index contributed by atoms with van der Waals surface area (Å²) in [7, 11) is 1.51. The Hall–Kier alpha value is 0.0200. The maximum absolute atomic E-state index is 5.58. The number of ether oxygens (including phenoxy) is 1. The highest BCUT2D eigenvalue weighted by Gasteiger charge is 2.31. The second-order valence-electron chi connectivity index (χ2n) is 3.44. The van der Waals surface area contributed by atoms with E-state index in [4.69, 9.17) is 4.74 Å². The molecule has 0 fully saturated rings. The zero-order valence-corrected chi connectivity index (χ0v) is 11.4. The Labute approximate surface area is 95.0 Å². The molecule has 0 saturated carbocycles. The highest BCUT2D eigenvalue weighted by Crippen LogP contribution is 2.50. The smallest absolute Gasteiger partial charge is 0.125 e. The fourth-order valence-electron chi connectivity index (χ4n) is 1.17. The molecule has 0 aliphatic heterocycles. The maximum Gasteiger partial charge on any atom is 0.125 e. The lowest BCUT2D eigenvalue weighted by molar-refractivity contribution is 0.0770. The van der Waals surface area contributed by atoms with E-state index in [2.05, 4.69) is 41.2 Å². The zero-order valence-electron chi connectivity index (χ0n) is 8.91. The van der Waals surface area contributed by atoms with Crippen molar-refractivity contribution in [3.63, 3.8) is 0 Å². The first-order valence-corrected chi connectivity index (χ1v) is 7.38. The van der Waals surface area contributed by atoms with Crippen molar-refractivity contribution >= 4 is 23.9 Å². The first-order valence-electron chi connectivity index (χ1n) is 4.35. The Kier molecular flexibility index (Phi) is 4.05. The summed E-state index contributed by atoms with van der Waals surface area (Å²) < 4.78 is 6.57. The normalized spacial score (nSPS) is 15.6. The first-order chi connectivity index (χ1) is 6.50. The summed E-state index contributed by atoms with van der Waals surface area (Å²) in [5, 5.41) is -0.240. The Balaban J connectivity index is 3.06. The molecule has 0 aromatic carbocycles. The molecule has 1 aromatic heterocycles. The first kappa shape index (κ1) is 12.1. The second kappa shape index (κ2) is 4.69. The number of hydrogen-bond acceptors (Lipinski definition) is 2. The van der Waals surface area contributed by atoms with E-state index >= 15 is 0 Å². The van der Waals surface area contributed by atoms with Crippen molar-refractivity contribution in [2.24, 2.45) is 0 Å². The van der Waals surface area contributed by atoms with Gasteiger partial charge in [-0.05, 0) is 48.3 Å². The fraction of sp³-hybridized carbons (Fsp3) is 0.500. The molecule has 78 valence electrons. The lowest BCUT2D eigenvalue weighted by Gasteiger charge is -2.31. The van der Waals surface area contributed by atoms with Gasteiger partial charge in [0.2, 0.25) is 0 Å². The average Bonchev–Trinajstić information content (AvgIpc) is 2.17. The summed E-state index contributed by atoms with van der Waals surface area (Å²) in [6.45, 7) is 6.49. The predicted octanol–water partition coefficient (Wildman–Crippen LogP) is 3.40. The molecule has 0 bridgehead atoms. The van der Waals surface area contributed by atoms with Crippen molar-refractivity contribution in [1.29, 1.82) is 0 Å². The number of aromatic nitrogens is 1. The number of hydrogen-bond donors (Lipinski definition) is 0. The molecule has 0 spiro atoms. The van der Waals surface area contributed by atoms with Gasteiger partial charge in [0, 0.05) is 17.8 Å². The molecule has 0 N–H and O–H groups in total. The van der Waals surface area contributed by atoms with Gasteiger partial charge in [-0.3, -0.25) is 4.98 Å². The van der Waals surface area contributed by atoms with Crippen LogP contribution in [0.25, 0.3) is 0 Å². The molecule has 1 atom stereocenters. The number of pyridine rings is 1. The van der Waals surface area contributed by atoms with E-state index in [9.17, 15) is 0 Å². The van der Waals surface area contributed by atoms with Gasteiger partial charge in [0.1, 0.15) is 5.34 Å². The summed E-state index contributed by atoms with van der Waals surface area (Å²) in [6, 6.07) is 4.01. The van der Waals surface area contributed by atoms with E-state index < -0.39 is 0 Å². The third kappa shape index (κ3) is 2.33. The quantitative estimate of drug-likeness (QED) is 0.789. The topological polar surface area (TPSA) is 22.1 Å². The minimum absolute atomic E-state index is 0.232. The Morgan fingerprint density at radius 1 is 1.43 bits per heavy atom. The van der Waals surface area contributed by atoms with Crippen LogP contribution in [0.4, 0.5) is 0 Å². The fourth-order valence-corrected chi connectivity index (χ4v) is 2.36. The number of rotatable bonds is 3. The van der Waals surface area contributed by atoms with Gasteiger partial charge < -0.3 is 4.74 Å². The number of methoxy groups -OCH3 is 1. The van der Waals surface area contributed by atoms with Crippen molar-refractivity contribution in [3.8, 4) is 0 Å². The van der Waals surface area contributed by atoms with Crippen LogP contribution in [0.5, 0.6) is 0 Å². The van der Waals surface area contributed by atoms with Crippen LogP contribution in [-0.2, 0) is 10.1 Å². The summed E-state index contributed by atoms with van der Waals surface area (Å²) >= 11 is 3.37. The highest BCUT2D eigenvalue weighted by atomic mass is 79.9. The highest BCUT2D eigenvalue weighted by molar-refractivity contribution is 9.10. The average molecular weight is 276 g/mol. The monoisotopic (exact) mass is 275 g/mol. The summed E-state index contributed by atoms with van der Waals surface area (Å²) in [5.74, 6) is 0. The van der Waals surface area contributed by atoms with Gasteiger partial charge in [-0.25, -0.2) is 0 Å². The maximum atomic E-state index is 5.58. The molecular weight excluding hydrogens is 261 g/mol. The third-order valence-electron chi connectivity index (χ3n) is 2.45. The van der Waals surface area contributed by atoms with Crippen LogP contribution in [0, 0.1) is 0 Å². The lowest BCUT2D eigenvalue weighted by Crippen LogP contribution is -2.22. The van der Waals surface area contributed by atoms with Crippen LogP contribution in [-0.4, -0.2) is 25.4 Å². The molecule has 14 heavy (non-hydrogen) atoms. The molecular formula is C10H15BrNOP. The number of halogens is 1. The SMILES string of the molecule is COC(C)(c1ccc(Br)cn1)P(C)C. The van der Waals surface area contributed by atoms with E-state index in [1.807, 2.05) is 18.3 Å². The number of nitrogens with zero attached hydrogens (tertiary/aromatic N) is 1. The van der Waals surface area contributed by atoms with E-state index in [0.29, 0.717) is 0 Å². The molecule has 1 unspecified atom stereocenters. The molecule has 1 aromatic rings. The second-order valence-corrected chi connectivity index (χ2v) is 7.00. The summed E-state index contributed by atoms with van der Waals surface area (Å²) in [6.07, 6.45) is 1.81. The molecule has 0 aliphatic carbocycles. The molecule has 0 amide bonds. The Morgan fingerprint density at radius 3 is 2.43 bits per heavy atom. The van der Waals surface area contributed by atoms with Crippen LogP contribution in [0.15, 0.2) is 22.8 Å². The van der Waals surface area contributed by atoms with Crippen LogP contribution in [0.2, 0.25) is 0 Å². The molecule has 2 nitrogen and oxygen atoms in total. The predicted molar refractivity (Wildman–Crippen MR) is 65.1 cm³/mol. The van der Waals surface area contributed by atoms with Crippen molar-refractivity contribution in [1.82, 2.24) is 4.98 Å².